The Hall–Kier alpha value is -1.66. The number of nitrogens with one attached hydrogen (secondary N) is 1. The molecule has 1 aliphatic carbocycles. The van der Waals surface area contributed by atoms with E-state index in [0.717, 1.165) is 47.9 Å². The smallest absolute Gasteiger partial charge is 0.226 e. The summed E-state index contributed by atoms with van der Waals surface area (Å²) in [5.74, 6) is 1.59. The molecule has 0 saturated heterocycles. The van der Waals surface area contributed by atoms with Gasteiger partial charge in [0.05, 0.1) is 18.2 Å². The van der Waals surface area contributed by atoms with Crippen LogP contribution in [-0.4, -0.2) is 28.1 Å². The van der Waals surface area contributed by atoms with Crippen LogP contribution in [-0.2, 0) is 11.2 Å². The molecule has 0 spiro atoms. The summed E-state index contributed by atoms with van der Waals surface area (Å²) >= 11 is 1.49. The molecule has 0 radical (unpaired) electrons. The highest BCUT2D eigenvalue weighted by Crippen LogP contribution is 2.25. The maximum absolute atomic E-state index is 12.1. The zero-order valence-electron chi connectivity index (χ0n) is 12.5. The minimum atomic E-state index is -0.203. The molecule has 0 bridgehead atoms. The first kappa shape index (κ1) is 15.2. The van der Waals surface area contributed by atoms with Gasteiger partial charge in [0.1, 0.15) is 5.76 Å². The van der Waals surface area contributed by atoms with Crippen molar-refractivity contribution in [3.8, 4) is 10.8 Å². The van der Waals surface area contributed by atoms with Gasteiger partial charge in [0.2, 0.25) is 5.91 Å². The van der Waals surface area contributed by atoms with E-state index in [1.165, 1.54) is 11.3 Å². The van der Waals surface area contributed by atoms with Gasteiger partial charge < -0.3 is 14.8 Å². The lowest BCUT2D eigenvalue weighted by atomic mass is 9.93. The molecule has 1 fully saturated rings. The Kier molecular flexibility index (Phi) is 4.59. The Labute approximate surface area is 133 Å². The first-order valence-corrected chi connectivity index (χ1v) is 8.47. The highest BCUT2D eigenvalue weighted by Gasteiger charge is 2.21. The summed E-state index contributed by atoms with van der Waals surface area (Å²) in [6, 6.07) is 3.98. The summed E-state index contributed by atoms with van der Waals surface area (Å²) < 4.78 is 5.54. The van der Waals surface area contributed by atoms with Gasteiger partial charge in [0, 0.05) is 11.4 Å². The van der Waals surface area contributed by atoms with E-state index in [1.54, 1.807) is 0 Å². The quantitative estimate of drug-likeness (QED) is 0.908. The molecule has 22 heavy (non-hydrogen) atoms. The Bertz CT molecular complexity index is 641. The Morgan fingerprint density at radius 1 is 1.41 bits per heavy atom. The lowest BCUT2D eigenvalue weighted by Gasteiger charge is -2.26. The minimum Gasteiger partial charge on any atom is -0.459 e. The summed E-state index contributed by atoms with van der Waals surface area (Å²) in [7, 11) is 0. The zero-order valence-corrected chi connectivity index (χ0v) is 13.4. The highest BCUT2D eigenvalue weighted by molar-refractivity contribution is 7.13. The number of amides is 1. The van der Waals surface area contributed by atoms with Crippen molar-refractivity contribution in [1.29, 1.82) is 0 Å². The second-order valence-corrected chi connectivity index (χ2v) is 6.66. The van der Waals surface area contributed by atoms with E-state index < -0.39 is 0 Å². The molecule has 0 aromatic carbocycles. The van der Waals surface area contributed by atoms with Gasteiger partial charge in [0.25, 0.3) is 0 Å². The molecule has 1 saturated carbocycles. The standard InChI is InChI=1S/C16H20N2O3S/c1-10-2-7-14(21-10)16-18-12(9-22-16)8-15(20)17-11-3-5-13(19)6-4-11/h2,7,9,11,13,19H,3-6,8H2,1H3,(H,17,20). The summed E-state index contributed by atoms with van der Waals surface area (Å²) in [6.07, 6.45) is 3.32. The van der Waals surface area contributed by atoms with Gasteiger partial charge in [-0.05, 0) is 44.7 Å². The predicted octanol–water partition coefficient (Wildman–Crippen LogP) is 2.67. The third-order valence-electron chi connectivity index (χ3n) is 3.91. The topological polar surface area (TPSA) is 75.4 Å². The van der Waals surface area contributed by atoms with Crippen molar-refractivity contribution in [3.63, 3.8) is 0 Å². The van der Waals surface area contributed by atoms with E-state index in [2.05, 4.69) is 10.3 Å². The zero-order chi connectivity index (χ0) is 15.5. The van der Waals surface area contributed by atoms with Crippen molar-refractivity contribution >= 4 is 17.2 Å². The second-order valence-electron chi connectivity index (χ2n) is 5.80. The lowest BCUT2D eigenvalue weighted by molar-refractivity contribution is -0.121. The number of furan rings is 1. The molecule has 2 heterocycles. The lowest BCUT2D eigenvalue weighted by Crippen LogP contribution is -2.39. The van der Waals surface area contributed by atoms with E-state index in [9.17, 15) is 9.90 Å². The molecule has 5 nitrogen and oxygen atoms in total. The van der Waals surface area contributed by atoms with Crippen LogP contribution in [0.3, 0.4) is 0 Å². The number of carbonyl (C=O) groups excluding carboxylic acids is 1. The summed E-state index contributed by atoms with van der Waals surface area (Å²) in [6.45, 7) is 1.90. The summed E-state index contributed by atoms with van der Waals surface area (Å²) in [4.78, 5) is 16.5. The second kappa shape index (κ2) is 6.62. The molecule has 2 aromatic heterocycles. The van der Waals surface area contributed by atoms with Crippen LogP contribution in [0.1, 0.15) is 37.1 Å². The van der Waals surface area contributed by atoms with E-state index in [1.807, 2.05) is 24.4 Å². The van der Waals surface area contributed by atoms with Crippen LogP contribution >= 0.6 is 11.3 Å². The molecule has 1 aliphatic rings. The van der Waals surface area contributed by atoms with Crippen LogP contribution in [0.5, 0.6) is 0 Å². The monoisotopic (exact) mass is 320 g/mol. The fourth-order valence-corrected chi connectivity index (χ4v) is 3.49. The fourth-order valence-electron chi connectivity index (χ4n) is 2.71. The van der Waals surface area contributed by atoms with Crippen LogP contribution < -0.4 is 5.32 Å². The molecular weight excluding hydrogens is 300 g/mol. The number of aliphatic hydroxyl groups is 1. The number of rotatable bonds is 4. The molecule has 0 atom stereocenters. The van der Waals surface area contributed by atoms with Crippen molar-refractivity contribution in [2.45, 2.75) is 51.2 Å². The van der Waals surface area contributed by atoms with Crippen LogP contribution in [0.25, 0.3) is 10.8 Å². The van der Waals surface area contributed by atoms with Gasteiger partial charge in [-0.2, -0.15) is 0 Å². The van der Waals surface area contributed by atoms with Gasteiger partial charge in [-0.3, -0.25) is 4.79 Å². The molecule has 3 rings (SSSR count). The minimum absolute atomic E-state index is 0.00568. The molecule has 2 N–H and O–H groups in total. The van der Waals surface area contributed by atoms with Gasteiger partial charge in [-0.15, -0.1) is 11.3 Å². The maximum Gasteiger partial charge on any atom is 0.226 e. The highest BCUT2D eigenvalue weighted by atomic mass is 32.1. The van der Waals surface area contributed by atoms with E-state index >= 15 is 0 Å². The predicted molar refractivity (Wildman–Crippen MR) is 84.7 cm³/mol. The fraction of sp³-hybridized carbons (Fsp3) is 0.500. The average molecular weight is 320 g/mol. The maximum atomic E-state index is 12.1. The molecule has 0 aliphatic heterocycles. The Balaban J connectivity index is 1.55. The van der Waals surface area contributed by atoms with E-state index in [-0.39, 0.29) is 24.5 Å². The van der Waals surface area contributed by atoms with Crippen molar-refractivity contribution in [2.24, 2.45) is 0 Å². The van der Waals surface area contributed by atoms with Crippen LogP contribution in [0, 0.1) is 6.92 Å². The molecule has 6 heteroatoms. The largest absolute Gasteiger partial charge is 0.459 e. The van der Waals surface area contributed by atoms with Crippen molar-refractivity contribution < 1.29 is 14.3 Å². The molecule has 118 valence electrons. The molecule has 2 aromatic rings. The SMILES string of the molecule is Cc1ccc(-c2nc(CC(=O)NC3CCC(O)CC3)cs2)o1. The van der Waals surface area contributed by atoms with Crippen LogP contribution in [0.2, 0.25) is 0 Å². The number of carbonyl (C=O) groups is 1. The molecule has 1 amide bonds. The Morgan fingerprint density at radius 3 is 2.86 bits per heavy atom. The van der Waals surface area contributed by atoms with Crippen LogP contribution in [0.4, 0.5) is 0 Å². The number of aliphatic hydroxyl groups excluding tert-OH is 1. The summed E-state index contributed by atoms with van der Waals surface area (Å²) in [5.41, 5.74) is 0.766. The van der Waals surface area contributed by atoms with Gasteiger partial charge in [0.15, 0.2) is 10.8 Å². The van der Waals surface area contributed by atoms with Crippen molar-refractivity contribution in [2.75, 3.05) is 0 Å². The van der Waals surface area contributed by atoms with Crippen molar-refractivity contribution in [1.82, 2.24) is 10.3 Å². The average Bonchev–Trinajstić information content (AvgIpc) is 3.10. The van der Waals surface area contributed by atoms with Gasteiger partial charge in [-0.25, -0.2) is 4.98 Å². The number of hydrogen-bond donors (Lipinski definition) is 2. The molecule has 0 unspecified atom stereocenters. The number of hydrogen-bond acceptors (Lipinski definition) is 5. The van der Waals surface area contributed by atoms with Crippen molar-refractivity contribution in [3.05, 3.63) is 29.0 Å². The molecular formula is C16H20N2O3S. The first-order chi connectivity index (χ1) is 10.6. The van der Waals surface area contributed by atoms with E-state index in [4.69, 9.17) is 4.42 Å². The number of aromatic nitrogens is 1. The third-order valence-corrected chi connectivity index (χ3v) is 4.81. The Morgan fingerprint density at radius 2 is 2.18 bits per heavy atom. The normalized spacial score (nSPS) is 21.7. The van der Waals surface area contributed by atoms with E-state index in [0.29, 0.717) is 0 Å². The first-order valence-electron chi connectivity index (χ1n) is 7.59. The number of aryl methyl sites for hydroxylation is 1. The van der Waals surface area contributed by atoms with Crippen LogP contribution in [0.15, 0.2) is 21.9 Å². The number of nitrogens with zero attached hydrogens (tertiary/aromatic N) is 1. The third kappa shape index (κ3) is 3.75. The van der Waals surface area contributed by atoms with Gasteiger partial charge in [-0.1, -0.05) is 0 Å². The number of thiazole rings is 1. The summed E-state index contributed by atoms with van der Waals surface area (Å²) in [5, 5.41) is 15.2. The van der Waals surface area contributed by atoms with Gasteiger partial charge >= 0.3 is 0 Å².